The minimum atomic E-state index is -0.577. The van der Waals surface area contributed by atoms with Gasteiger partial charge in [-0.3, -0.25) is 5.32 Å². The molecule has 2 aromatic rings. The summed E-state index contributed by atoms with van der Waals surface area (Å²) in [5, 5.41) is 2.82. The number of carbonyl (C=O) groups is 1. The van der Waals surface area contributed by atoms with Crippen molar-refractivity contribution in [1.82, 2.24) is 4.98 Å². The van der Waals surface area contributed by atoms with Gasteiger partial charge in [0.1, 0.15) is 6.10 Å². The molecule has 1 aliphatic rings. The van der Waals surface area contributed by atoms with Crippen molar-refractivity contribution in [3.8, 4) is 6.08 Å². The first kappa shape index (κ1) is 16.3. The average molecular weight is 332 g/mol. The smallest absolute Gasteiger partial charge is 0.411 e. The Hall–Kier alpha value is -2.57. The molecule has 1 heterocycles. The lowest BCUT2D eigenvalue weighted by atomic mass is 9.98. The van der Waals surface area contributed by atoms with Gasteiger partial charge in [-0.25, -0.2) is 9.59 Å². The van der Waals surface area contributed by atoms with Gasteiger partial charge < -0.3 is 13.9 Å². The normalized spacial score (nSPS) is 15.2. The fourth-order valence-corrected chi connectivity index (χ4v) is 2.79. The van der Waals surface area contributed by atoms with Crippen molar-refractivity contribution < 1.29 is 18.7 Å². The highest BCUT2D eigenvalue weighted by atomic mass is 16.6. The van der Waals surface area contributed by atoms with Gasteiger partial charge in [0.05, 0.1) is 17.5 Å². The number of carbonyl (C=O) groups excluding carboxylic acids is 1. The molecule has 0 unspecified atom stereocenters. The van der Waals surface area contributed by atoms with Crippen LogP contribution in [0.5, 0.6) is 6.08 Å². The lowest BCUT2D eigenvalue weighted by Crippen LogP contribution is -2.21. The topological polar surface area (TPSA) is 90.7 Å². The number of benzene rings is 1. The first-order valence-corrected chi connectivity index (χ1v) is 8.21. The van der Waals surface area contributed by atoms with Crippen molar-refractivity contribution in [3.63, 3.8) is 0 Å². The van der Waals surface area contributed by atoms with Crippen LogP contribution in [0.25, 0.3) is 10.9 Å². The lowest BCUT2D eigenvalue weighted by molar-refractivity contribution is 0.107. The predicted molar refractivity (Wildman–Crippen MR) is 88.4 cm³/mol. The molecule has 24 heavy (non-hydrogen) atoms. The van der Waals surface area contributed by atoms with E-state index in [9.17, 15) is 9.59 Å². The summed E-state index contributed by atoms with van der Waals surface area (Å²) in [6.45, 7) is 1.98. The Morgan fingerprint density at radius 1 is 1.33 bits per heavy atom. The number of aromatic nitrogens is 1. The quantitative estimate of drug-likeness (QED) is 0.922. The van der Waals surface area contributed by atoms with E-state index in [2.05, 4.69) is 10.3 Å². The molecule has 1 N–H and O–H groups in total. The van der Waals surface area contributed by atoms with E-state index in [1.807, 2.05) is 0 Å². The van der Waals surface area contributed by atoms with Crippen LogP contribution in [0.15, 0.2) is 27.4 Å². The molecule has 1 aromatic heterocycles. The van der Waals surface area contributed by atoms with Crippen LogP contribution in [-0.4, -0.2) is 23.8 Å². The van der Waals surface area contributed by atoms with Gasteiger partial charge in [0.15, 0.2) is 0 Å². The summed E-state index contributed by atoms with van der Waals surface area (Å²) in [6, 6.07) is 4.80. The standard InChI is InChI=1S/C17H20N2O5/c1-2-22-16(21)18-11-8-9-14-13(10-11)15(20)24-17(19-14)23-12-6-4-3-5-7-12/h8-10,12H,2-7H2,1H3,(H,18,21). The SMILES string of the molecule is CCOC(=O)Nc1ccc2nc(OC3CCCCC3)oc(=O)c2c1. The molecule has 0 radical (unpaired) electrons. The third-order valence-corrected chi connectivity index (χ3v) is 3.95. The van der Waals surface area contributed by atoms with Gasteiger partial charge in [0, 0.05) is 5.69 Å². The van der Waals surface area contributed by atoms with E-state index >= 15 is 0 Å². The van der Waals surface area contributed by atoms with Crippen LogP contribution in [0.1, 0.15) is 39.0 Å². The molecule has 1 fully saturated rings. The first-order chi connectivity index (χ1) is 11.7. The predicted octanol–water partition coefficient (Wildman–Crippen LogP) is 3.47. The third-order valence-electron chi connectivity index (χ3n) is 3.95. The summed E-state index contributed by atoms with van der Waals surface area (Å²) in [5.74, 6) is 0. The summed E-state index contributed by atoms with van der Waals surface area (Å²) in [6.07, 6.45) is 4.83. The second kappa shape index (κ2) is 7.33. The molecule has 1 saturated carbocycles. The number of rotatable bonds is 4. The van der Waals surface area contributed by atoms with Gasteiger partial charge in [-0.15, -0.1) is 0 Å². The number of anilines is 1. The van der Waals surface area contributed by atoms with Crippen LogP contribution in [0.4, 0.5) is 10.5 Å². The van der Waals surface area contributed by atoms with Gasteiger partial charge in [0.2, 0.25) is 0 Å². The number of amides is 1. The van der Waals surface area contributed by atoms with Crippen LogP contribution in [0.2, 0.25) is 0 Å². The Labute approximate surface area is 139 Å². The van der Waals surface area contributed by atoms with Gasteiger partial charge in [-0.05, 0) is 50.8 Å². The van der Waals surface area contributed by atoms with Gasteiger partial charge in [0.25, 0.3) is 0 Å². The van der Waals surface area contributed by atoms with Crippen molar-refractivity contribution in [1.29, 1.82) is 0 Å². The molecule has 0 saturated heterocycles. The minimum Gasteiger partial charge on any atom is -0.450 e. The highest BCUT2D eigenvalue weighted by Gasteiger charge is 2.18. The number of ether oxygens (including phenoxy) is 2. The van der Waals surface area contributed by atoms with Crippen molar-refractivity contribution >= 4 is 22.7 Å². The summed E-state index contributed by atoms with van der Waals surface area (Å²) < 4.78 is 15.7. The van der Waals surface area contributed by atoms with Gasteiger partial charge >= 0.3 is 17.8 Å². The van der Waals surface area contributed by atoms with E-state index in [1.165, 1.54) is 12.5 Å². The zero-order valence-electron chi connectivity index (χ0n) is 13.5. The molecule has 0 atom stereocenters. The number of fused-ring (bicyclic) bond motifs is 1. The van der Waals surface area contributed by atoms with Crippen LogP contribution in [0, 0.1) is 0 Å². The highest BCUT2D eigenvalue weighted by Crippen LogP contribution is 2.23. The third kappa shape index (κ3) is 3.84. The maximum atomic E-state index is 12.2. The largest absolute Gasteiger partial charge is 0.450 e. The van der Waals surface area contributed by atoms with Crippen molar-refractivity contribution in [3.05, 3.63) is 28.6 Å². The first-order valence-electron chi connectivity index (χ1n) is 8.21. The Balaban J connectivity index is 1.81. The van der Waals surface area contributed by atoms with E-state index in [1.54, 1.807) is 19.1 Å². The molecule has 7 heteroatoms. The fourth-order valence-electron chi connectivity index (χ4n) is 2.79. The Morgan fingerprint density at radius 2 is 2.12 bits per heavy atom. The van der Waals surface area contributed by atoms with Crippen LogP contribution < -0.4 is 15.7 Å². The molecule has 1 aromatic carbocycles. The van der Waals surface area contributed by atoms with E-state index in [-0.39, 0.29) is 24.2 Å². The number of nitrogens with zero attached hydrogens (tertiary/aromatic N) is 1. The summed E-state index contributed by atoms with van der Waals surface area (Å²) in [4.78, 5) is 27.9. The number of nitrogens with one attached hydrogen (secondary N) is 1. The van der Waals surface area contributed by atoms with Crippen molar-refractivity contribution in [2.45, 2.75) is 45.1 Å². The Kier molecular flexibility index (Phi) is 4.98. The summed E-state index contributed by atoms with van der Waals surface area (Å²) >= 11 is 0. The molecule has 0 aliphatic heterocycles. The van der Waals surface area contributed by atoms with E-state index in [0.717, 1.165) is 25.7 Å². The monoisotopic (exact) mass is 332 g/mol. The summed E-state index contributed by atoms with van der Waals surface area (Å²) in [5.41, 5.74) is 0.362. The second-order valence-corrected chi connectivity index (χ2v) is 5.72. The molecule has 1 aliphatic carbocycles. The molecule has 128 valence electrons. The summed E-state index contributed by atoms with van der Waals surface area (Å²) in [7, 11) is 0. The lowest BCUT2D eigenvalue weighted by Gasteiger charge is -2.21. The van der Waals surface area contributed by atoms with E-state index in [0.29, 0.717) is 11.2 Å². The van der Waals surface area contributed by atoms with Crippen LogP contribution in [-0.2, 0) is 4.74 Å². The molecule has 3 rings (SSSR count). The van der Waals surface area contributed by atoms with Crippen LogP contribution in [0.3, 0.4) is 0 Å². The molecule has 0 spiro atoms. The molecule has 0 bridgehead atoms. The Bertz CT molecular complexity index is 780. The average Bonchev–Trinajstić information content (AvgIpc) is 2.57. The maximum Gasteiger partial charge on any atom is 0.411 e. The van der Waals surface area contributed by atoms with Crippen molar-refractivity contribution in [2.75, 3.05) is 11.9 Å². The molecule has 7 nitrogen and oxygen atoms in total. The zero-order chi connectivity index (χ0) is 16.9. The molecular weight excluding hydrogens is 312 g/mol. The van der Waals surface area contributed by atoms with E-state index < -0.39 is 11.7 Å². The highest BCUT2D eigenvalue weighted by molar-refractivity contribution is 5.89. The molecular formula is C17H20N2O5. The zero-order valence-corrected chi connectivity index (χ0v) is 13.5. The second-order valence-electron chi connectivity index (χ2n) is 5.72. The Morgan fingerprint density at radius 3 is 2.88 bits per heavy atom. The van der Waals surface area contributed by atoms with Crippen molar-refractivity contribution in [2.24, 2.45) is 0 Å². The van der Waals surface area contributed by atoms with Crippen LogP contribution >= 0.6 is 0 Å². The molecule has 1 amide bonds. The number of hydrogen-bond donors (Lipinski definition) is 1. The minimum absolute atomic E-state index is 0.00509. The maximum absolute atomic E-state index is 12.2. The fraction of sp³-hybridized carbons (Fsp3) is 0.471. The number of hydrogen-bond acceptors (Lipinski definition) is 6. The van der Waals surface area contributed by atoms with Gasteiger partial charge in [-0.2, -0.15) is 4.98 Å². The van der Waals surface area contributed by atoms with Gasteiger partial charge in [-0.1, -0.05) is 6.42 Å². The van der Waals surface area contributed by atoms with E-state index in [4.69, 9.17) is 13.9 Å².